The van der Waals surface area contributed by atoms with Gasteiger partial charge < -0.3 is 10.2 Å². The fraction of sp³-hybridized carbons (Fsp3) is 0.154. The van der Waals surface area contributed by atoms with E-state index in [1.165, 1.54) is 36.8 Å². The van der Waals surface area contributed by atoms with Crippen molar-refractivity contribution in [3.63, 3.8) is 0 Å². The number of nitrogens with one attached hydrogen (secondary N) is 1. The average Bonchev–Trinajstić information content (AvgIpc) is 2.41. The van der Waals surface area contributed by atoms with Crippen LogP contribution >= 0.6 is 0 Å². The number of aromatic nitrogens is 2. The molecule has 2 rings (SSSR count). The van der Waals surface area contributed by atoms with Gasteiger partial charge in [-0.25, -0.2) is 9.78 Å². The van der Waals surface area contributed by atoms with E-state index in [0.717, 1.165) is 0 Å². The zero-order valence-corrected chi connectivity index (χ0v) is 10.3. The molecule has 1 unspecified atom stereocenters. The fourth-order valence-corrected chi connectivity index (χ4v) is 1.79. The third kappa shape index (κ3) is 3.27. The van der Waals surface area contributed by atoms with E-state index in [1.54, 1.807) is 0 Å². The first-order valence-corrected chi connectivity index (χ1v) is 5.79. The molecule has 2 aromatic heterocycles. The summed E-state index contributed by atoms with van der Waals surface area (Å²) in [6.45, 7) is 0. The van der Waals surface area contributed by atoms with Crippen molar-refractivity contribution in [2.75, 3.05) is 5.32 Å². The molecule has 0 bridgehead atoms. The van der Waals surface area contributed by atoms with Crippen molar-refractivity contribution >= 4 is 11.8 Å². The lowest BCUT2D eigenvalue weighted by molar-refractivity contribution is 0.172. The minimum atomic E-state index is -1.22. The number of aliphatic hydroxyl groups excluding tert-OH is 1. The molecule has 1 amide bonds. The van der Waals surface area contributed by atoms with Crippen LogP contribution in [0.15, 0.2) is 36.8 Å². The summed E-state index contributed by atoms with van der Waals surface area (Å²) in [6.07, 6.45) is 1.79. The van der Waals surface area contributed by atoms with Crippen LogP contribution in [0.1, 0.15) is 17.2 Å². The monoisotopic (exact) mass is 277 g/mol. The highest BCUT2D eigenvalue weighted by Gasteiger charge is 2.16. The van der Waals surface area contributed by atoms with Crippen LogP contribution in [-0.2, 0) is 6.42 Å². The predicted octanol–water partition coefficient (Wildman–Crippen LogP) is 1.98. The number of carbonyl (C=O) groups is 1. The number of anilines is 1. The highest BCUT2D eigenvalue weighted by atomic mass is 19.1. The van der Waals surface area contributed by atoms with Crippen LogP contribution in [0.4, 0.5) is 14.9 Å². The molecule has 7 heteroatoms. The van der Waals surface area contributed by atoms with Gasteiger partial charge in [-0.15, -0.1) is 0 Å². The number of nitrogens with zero attached hydrogens (tertiary/aromatic N) is 2. The Bertz CT molecular complexity index is 621. The van der Waals surface area contributed by atoms with Crippen LogP contribution in [0.5, 0.6) is 0 Å². The Morgan fingerprint density at radius 2 is 2.20 bits per heavy atom. The molecule has 0 aromatic carbocycles. The van der Waals surface area contributed by atoms with E-state index < -0.39 is 18.1 Å². The summed E-state index contributed by atoms with van der Waals surface area (Å²) in [5.74, 6) is -0.753. The van der Waals surface area contributed by atoms with Crippen molar-refractivity contribution in [1.82, 2.24) is 9.97 Å². The van der Waals surface area contributed by atoms with E-state index in [9.17, 15) is 14.3 Å². The lowest BCUT2D eigenvalue weighted by Gasteiger charge is -2.13. The second kappa shape index (κ2) is 6.07. The first-order chi connectivity index (χ1) is 9.58. The van der Waals surface area contributed by atoms with Crippen LogP contribution in [0.25, 0.3) is 0 Å². The van der Waals surface area contributed by atoms with Crippen LogP contribution in [-0.4, -0.2) is 26.3 Å². The third-order valence-corrected chi connectivity index (χ3v) is 2.71. The summed E-state index contributed by atoms with van der Waals surface area (Å²) in [5, 5.41) is 21.0. The standard InChI is InChI=1S/C13H12FN3O3/c14-12-9(2-1-4-16-12)11(18)6-8-7-15-5-3-10(8)17-13(19)20/h1-5,7,11,18H,6H2,(H,15,17)(H,19,20). The third-order valence-electron chi connectivity index (χ3n) is 2.71. The van der Waals surface area contributed by atoms with Gasteiger partial charge in [0, 0.05) is 30.6 Å². The summed E-state index contributed by atoms with van der Waals surface area (Å²) < 4.78 is 13.5. The van der Waals surface area contributed by atoms with Gasteiger partial charge in [0.1, 0.15) is 0 Å². The molecule has 3 N–H and O–H groups in total. The molecule has 0 aliphatic carbocycles. The first-order valence-electron chi connectivity index (χ1n) is 5.79. The number of aliphatic hydroxyl groups is 1. The van der Waals surface area contributed by atoms with Crippen molar-refractivity contribution in [1.29, 1.82) is 0 Å². The van der Waals surface area contributed by atoms with Crippen LogP contribution in [0.2, 0.25) is 0 Å². The van der Waals surface area contributed by atoms with Gasteiger partial charge in [-0.05, 0) is 17.7 Å². The van der Waals surface area contributed by atoms with Crippen molar-refractivity contribution in [2.45, 2.75) is 12.5 Å². The molecule has 0 fully saturated rings. The fourth-order valence-electron chi connectivity index (χ4n) is 1.79. The van der Waals surface area contributed by atoms with Gasteiger partial charge in [-0.1, -0.05) is 6.07 Å². The van der Waals surface area contributed by atoms with Crippen LogP contribution < -0.4 is 5.32 Å². The zero-order valence-electron chi connectivity index (χ0n) is 10.3. The smallest absolute Gasteiger partial charge is 0.409 e. The molecular weight excluding hydrogens is 265 g/mol. The molecule has 20 heavy (non-hydrogen) atoms. The Morgan fingerprint density at radius 3 is 2.90 bits per heavy atom. The molecule has 0 saturated heterocycles. The number of hydrogen-bond donors (Lipinski definition) is 3. The second-order valence-electron chi connectivity index (χ2n) is 4.07. The van der Waals surface area contributed by atoms with Gasteiger partial charge in [0.05, 0.1) is 11.8 Å². The molecule has 2 heterocycles. The summed E-state index contributed by atoms with van der Waals surface area (Å²) in [7, 11) is 0. The molecule has 0 saturated carbocycles. The SMILES string of the molecule is O=C(O)Nc1ccncc1CC(O)c1cccnc1F. The van der Waals surface area contributed by atoms with E-state index in [0.29, 0.717) is 11.3 Å². The first kappa shape index (κ1) is 13.9. The lowest BCUT2D eigenvalue weighted by Crippen LogP contribution is -2.12. The van der Waals surface area contributed by atoms with E-state index in [4.69, 9.17) is 5.11 Å². The molecule has 2 aromatic rings. The van der Waals surface area contributed by atoms with E-state index in [1.807, 2.05) is 0 Å². The molecule has 104 valence electrons. The molecule has 6 nitrogen and oxygen atoms in total. The van der Waals surface area contributed by atoms with Crippen LogP contribution in [0, 0.1) is 5.95 Å². The van der Waals surface area contributed by atoms with Gasteiger partial charge in [0.25, 0.3) is 0 Å². The molecule has 0 radical (unpaired) electrons. The van der Waals surface area contributed by atoms with Gasteiger partial charge in [-0.3, -0.25) is 10.3 Å². The molecular formula is C13H12FN3O3. The van der Waals surface area contributed by atoms with Crippen molar-refractivity contribution < 1.29 is 19.4 Å². The topological polar surface area (TPSA) is 95.3 Å². The summed E-state index contributed by atoms with van der Waals surface area (Å²) in [5.41, 5.74) is 0.819. The number of amides is 1. The molecule has 0 aliphatic rings. The highest BCUT2D eigenvalue weighted by molar-refractivity contribution is 5.83. The minimum Gasteiger partial charge on any atom is -0.465 e. The Kier molecular flexibility index (Phi) is 4.21. The molecule has 1 atom stereocenters. The van der Waals surface area contributed by atoms with Gasteiger partial charge in [0.2, 0.25) is 5.95 Å². The summed E-state index contributed by atoms with van der Waals surface area (Å²) in [6, 6.07) is 4.41. The number of hydrogen-bond acceptors (Lipinski definition) is 4. The largest absolute Gasteiger partial charge is 0.465 e. The Balaban J connectivity index is 2.22. The predicted molar refractivity (Wildman–Crippen MR) is 68.7 cm³/mol. The number of rotatable bonds is 4. The van der Waals surface area contributed by atoms with Gasteiger partial charge in [0.15, 0.2) is 0 Å². The van der Waals surface area contributed by atoms with Crippen LogP contribution in [0.3, 0.4) is 0 Å². The summed E-state index contributed by atoms with van der Waals surface area (Å²) >= 11 is 0. The second-order valence-corrected chi connectivity index (χ2v) is 4.07. The molecule has 0 spiro atoms. The number of carboxylic acid groups (broad SMARTS) is 1. The number of pyridine rings is 2. The average molecular weight is 277 g/mol. The quantitative estimate of drug-likeness (QED) is 0.743. The van der Waals surface area contributed by atoms with E-state index >= 15 is 0 Å². The maximum atomic E-state index is 13.5. The van der Waals surface area contributed by atoms with Crippen molar-refractivity contribution in [2.24, 2.45) is 0 Å². The zero-order chi connectivity index (χ0) is 14.5. The molecule has 0 aliphatic heterocycles. The maximum Gasteiger partial charge on any atom is 0.409 e. The Labute approximate surface area is 113 Å². The van der Waals surface area contributed by atoms with Crippen molar-refractivity contribution in [3.8, 4) is 0 Å². The number of halogens is 1. The van der Waals surface area contributed by atoms with Crippen molar-refractivity contribution in [3.05, 3.63) is 53.9 Å². The van der Waals surface area contributed by atoms with Gasteiger partial charge >= 0.3 is 6.09 Å². The Morgan fingerprint density at radius 1 is 1.40 bits per heavy atom. The minimum absolute atomic E-state index is 0.0199. The Hall–Kier alpha value is -2.54. The normalized spacial score (nSPS) is 11.9. The summed E-state index contributed by atoms with van der Waals surface area (Å²) in [4.78, 5) is 18.0. The van der Waals surface area contributed by atoms with E-state index in [2.05, 4.69) is 15.3 Å². The lowest BCUT2D eigenvalue weighted by atomic mass is 10.0. The van der Waals surface area contributed by atoms with E-state index in [-0.39, 0.29) is 12.0 Å². The van der Waals surface area contributed by atoms with Gasteiger partial charge in [-0.2, -0.15) is 4.39 Å². The highest BCUT2D eigenvalue weighted by Crippen LogP contribution is 2.23. The maximum absolute atomic E-state index is 13.5.